The van der Waals surface area contributed by atoms with E-state index in [1.807, 2.05) is 6.08 Å². The van der Waals surface area contributed by atoms with Crippen LogP contribution in [-0.4, -0.2) is 42.3 Å². The lowest BCUT2D eigenvalue weighted by molar-refractivity contribution is 0.203. The number of hydrogen-bond acceptors (Lipinski definition) is 3. The van der Waals surface area contributed by atoms with E-state index in [4.69, 9.17) is 5.11 Å². The molecule has 0 unspecified atom stereocenters. The lowest BCUT2D eigenvalue weighted by Crippen LogP contribution is -2.26. The van der Waals surface area contributed by atoms with E-state index in [2.05, 4.69) is 54.9 Å². The predicted octanol–water partition coefficient (Wildman–Crippen LogP) is 2.21. The maximum absolute atomic E-state index is 9.04. The summed E-state index contributed by atoms with van der Waals surface area (Å²) in [5.74, 6) is 0. The predicted molar refractivity (Wildman–Crippen MR) is 85.8 cm³/mol. The maximum Gasteiger partial charge on any atom is 0.0558 e. The first kappa shape index (κ1) is 16.9. The molecule has 1 rings (SSSR count). The lowest BCUT2D eigenvalue weighted by atomic mass is 10.1. The average molecular weight is 276 g/mol. The topological polar surface area (TPSA) is 35.5 Å². The van der Waals surface area contributed by atoms with Gasteiger partial charge >= 0.3 is 0 Å². The molecule has 0 aliphatic carbocycles. The van der Waals surface area contributed by atoms with Crippen LogP contribution < -0.4 is 5.32 Å². The summed E-state index contributed by atoms with van der Waals surface area (Å²) in [6.07, 6.45) is 2.94. The van der Waals surface area contributed by atoms with Crippen molar-refractivity contribution in [1.82, 2.24) is 10.2 Å². The Balaban J connectivity index is 2.46. The highest BCUT2D eigenvalue weighted by atomic mass is 16.3. The largest absolute Gasteiger partial charge is 0.395 e. The number of nitrogens with one attached hydrogen (secondary N) is 1. The van der Waals surface area contributed by atoms with Crippen molar-refractivity contribution in [1.29, 1.82) is 0 Å². The number of hydrogen-bond donors (Lipinski definition) is 2. The van der Waals surface area contributed by atoms with Gasteiger partial charge in [-0.25, -0.2) is 0 Å². The molecular weight excluding hydrogens is 248 g/mol. The van der Waals surface area contributed by atoms with Gasteiger partial charge in [-0.15, -0.1) is 6.58 Å². The minimum absolute atomic E-state index is 0.187. The van der Waals surface area contributed by atoms with Gasteiger partial charge in [-0.05, 0) is 24.1 Å². The Hall–Kier alpha value is -1.16. The van der Waals surface area contributed by atoms with Gasteiger partial charge in [0.1, 0.15) is 0 Å². The van der Waals surface area contributed by atoms with Crippen LogP contribution >= 0.6 is 0 Å². The van der Waals surface area contributed by atoms with Crippen molar-refractivity contribution in [3.8, 4) is 0 Å². The van der Waals surface area contributed by atoms with Crippen LogP contribution in [0.5, 0.6) is 0 Å². The van der Waals surface area contributed by atoms with Crippen molar-refractivity contribution in [2.45, 2.75) is 32.9 Å². The van der Waals surface area contributed by atoms with Crippen molar-refractivity contribution < 1.29 is 5.11 Å². The van der Waals surface area contributed by atoms with Crippen LogP contribution in [0.25, 0.3) is 0 Å². The monoisotopic (exact) mass is 276 g/mol. The smallest absolute Gasteiger partial charge is 0.0558 e. The van der Waals surface area contributed by atoms with Gasteiger partial charge in [0.15, 0.2) is 0 Å². The zero-order valence-electron chi connectivity index (χ0n) is 12.8. The molecule has 2 N–H and O–H groups in total. The fourth-order valence-electron chi connectivity index (χ4n) is 2.13. The standard InChI is InChI=1S/C17H28N2O/c1-4-11-19(12-13-20)14-17-7-5-16(6-8-17)9-10-18-15(2)3/h4-8,15,18,20H,1,9-14H2,2-3H3. The summed E-state index contributed by atoms with van der Waals surface area (Å²) in [4.78, 5) is 2.18. The molecule has 1 aromatic rings. The van der Waals surface area contributed by atoms with Crippen LogP contribution in [0.3, 0.4) is 0 Å². The molecule has 3 nitrogen and oxygen atoms in total. The van der Waals surface area contributed by atoms with E-state index in [0.717, 1.165) is 26.1 Å². The number of aliphatic hydroxyl groups excluding tert-OH is 1. The van der Waals surface area contributed by atoms with Gasteiger partial charge in [-0.1, -0.05) is 44.2 Å². The second-order valence-corrected chi connectivity index (χ2v) is 5.42. The average Bonchev–Trinajstić information content (AvgIpc) is 2.41. The first-order valence-corrected chi connectivity index (χ1v) is 7.41. The molecule has 0 radical (unpaired) electrons. The first-order valence-electron chi connectivity index (χ1n) is 7.41. The van der Waals surface area contributed by atoms with Crippen molar-refractivity contribution in [3.63, 3.8) is 0 Å². The molecule has 0 aliphatic heterocycles. The fourth-order valence-corrected chi connectivity index (χ4v) is 2.13. The van der Waals surface area contributed by atoms with Crippen molar-refractivity contribution in [3.05, 3.63) is 48.0 Å². The van der Waals surface area contributed by atoms with Gasteiger partial charge in [-0.2, -0.15) is 0 Å². The molecule has 112 valence electrons. The molecule has 0 aromatic heterocycles. The molecule has 3 heteroatoms. The molecule has 0 spiro atoms. The Morgan fingerprint density at radius 3 is 2.45 bits per heavy atom. The maximum atomic E-state index is 9.04. The highest BCUT2D eigenvalue weighted by Crippen LogP contribution is 2.08. The van der Waals surface area contributed by atoms with Gasteiger partial charge in [0.05, 0.1) is 6.61 Å². The van der Waals surface area contributed by atoms with E-state index < -0.39 is 0 Å². The highest BCUT2D eigenvalue weighted by molar-refractivity contribution is 5.22. The van der Waals surface area contributed by atoms with Crippen LogP contribution in [0.2, 0.25) is 0 Å². The zero-order chi connectivity index (χ0) is 14.8. The summed E-state index contributed by atoms with van der Waals surface area (Å²) in [6, 6.07) is 9.29. The molecule has 0 bridgehead atoms. The third kappa shape index (κ3) is 6.85. The van der Waals surface area contributed by atoms with E-state index in [1.165, 1.54) is 11.1 Å². The Kier molecular flexibility index (Phi) is 8.19. The van der Waals surface area contributed by atoms with Crippen molar-refractivity contribution in [2.75, 3.05) is 26.2 Å². The summed E-state index contributed by atoms with van der Waals surface area (Å²) >= 11 is 0. The summed E-state index contributed by atoms with van der Waals surface area (Å²) in [5.41, 5.74) is 2.64. The van der Waals surface area contributed by atoms with E-state index >= 15 is 0 Å². The molecule has 0 heterocycles. The Bertz CT molecular complexity index is 373. The molecule has 0 fully saturated rings. The molecule has 0 aliphatic rings. The minimum Gasteiger partial charge on any atom is -0.395 e. The van der Waals surface area contributed by atoms with Crippen LogP contribution in [0.4, 0.5) is 0 Å². The molecule has 1 aromatic carbocycles. The molecule has 20 heavy (non-hydrogen) atoms. The van der Waals surface area contributed by atoms with Gasteiger partial charge in [0, 0.05) is 25.7 Å². The fraction of sp³-hybridized carbons (Fsp3) is 0.529. The lowest BCUT2D eigenvalue weighted by Gasteiger charge is -2.19. The van der Waals surface area contributed by atoms with Crippen molar-refractivity contribution >= 4 is 0 Å². The van der Waals surface area contributed by atoms with Crippen LogP contribution in [0.15, 0.2) is 36.9 Å². The summed E-state index contributed by atoms with van der Waals surface area (Å²) in [5, 5.41) is 12.5. The zero-order valence-corrected chi connectivity index (χ0v) is 12.8. The van der Waals surface area contributed by atoms with Crippen LogP contribution in [0.1, 0.15) is 25.0 Å². The van der Waals surface area contributed by atoms with Crippen molar-refractivity contribution in [2.24, 2.45) is 0 Å². The minimum atomic E-state index is 0.187. The number of rotatable bonds is 10. The third-order valence-corrected chi connectivity index (χ3v) is 3.20. The second kappa shape index (κ2) is 9.70. The number of benzene rings is 1. The summed E-state index contributed by atoms with van der Waals surface area (Å²) in [6.45, 7) is 11.6. The van der Waals surface area contributed by atoms with E-state index in [-0.39, 0.29) is 6.61 Å². The molecular formula is C17H28N2O. The number of nitrogens with zero attached hydrogens (tertiary/aromatic N) is 1. The Morgan fingerprint density at radius 1 is 1.25 bits per heavy atom. The van der Waals surface area contributed by atoms with Gasteiger partial charge in [0.25, 0.3) is 0 Å². The van der Waals surface area contributed by atoms with Crippen LogP contribution in [-0.2, 0) is 13.0 Å². The molecule has 0 saturated heterocycles. The quantitative estimate of drug-likeness (QED) is 0.643. The third-order valence-electron chi connectivity index (χ3n) is 3.20. The van der Waals surface area contributed by atoms with Gasteiger partial charge in [-0.3, -0.25) is 4.90 Å². The van der Waals surface area contributed by atoms with Crippen LogP contribution in [0, 0.1) is 0 Å². The molecule has 0 atom stereocenters. The first-order chi connectivity index (χ1) is 9.65. The summed E-state index contributed by atoms with van der Waals surface area (Å²) < 4.78 is 0. The van der Waals surface area contributed by atoms with E-state index in [0.29, 0.717) is 12.6 Å². The summed E-state index contributed by atoms with van der Waals surface area (Å²) in [7, 11) is 0. The number of aliphatic hydroxyl groups is 1. The second-order valence-electron chi connectivity index (χ2n) is 5.42. The molecule has 0 amide bonds. The Labute approximate surface area is 123 Å². The SMILES string of the molecule is C=CCN(CCO)Cc1ccc(CCNC(C)C)cc1. The van der Waals surface area contributed by atoms with Gasteiger partial charge in [0.2, 0.25) is 0 Å². The van der Waals surface area contributed by atoms with Gasteiger partial charge < -0.3 is 10.4 Å². The van der Waals surface area contributed by atoms with E-state index in [9.17, 15) is 0 Å². The molecule has 0 saturated carbocycles. The van der Waals surface area contributed by atoms with E-state index in [1.54, 1.807) is 0 Å². The Morgan fingerprint density at radius 2 is 1.90 bits per heavy atom. The highest BCUT2D eigenvalue weighted by Gasteiger charge is 2.03. The normalized spacial score (nSPS) is 11.2.